The van der Waals surface area contributed by atoms with E-state index in [4.69, 9.17) is 10.8 Å². The summed E-state index contributed by atoms with van der Waals surface area (Å²) in [7, 11) is 0. The number of nitrogens with two attached hydrogens (primary N) is 1. The van der Waals surface area contributed by atoms with Crippen molar-refractivity contribution >= 4 is 50.5 Å². The average molecular weight is 568 g/mol. The Kier molecular flexibility index (Phi) is 7.92. The maximum atomic E-state index is 12.8. The van der Waals surface area contributed by atoms with E-state index in [9.17, 15) is 19.5 Å². The van der Waals surface area contributed by atoms with E-state index < -0.39 is 18.0 Å². The second-order valence-corrected chi connectivity index (χ2v) is 9.41. The zero-order valence-electron chi connectivity index (χ0n) is 19.8. The Morgan fingerprint density at radius 2 is 1.76 bits per heavy atom. The normalized spacial score (nSPS) is 11.9. The quantitative estimate of drug-likeness (QED) is 0.183. The number of aromatic amines is 1. The number of hydrogen-bond acceptors (Lipinski definition) is 6. The molecule has 0 spiro atoms. The molecule has 192 valence electrons. The van der Waals surface area contributed by atoms with Crippen LogP contribution in [0, 0.1) is 0 Å². The van der Waals surface area contributed by atoms with Gasteiger partial charge in [-0.15, -0.1) is 0 Å². The van der Waals surface area contributed by atoms with Crippen LogP contribution in [0.4, 0.5) is 11.6 Å². The fraction of sp³-hybridized carbons (Fsp3) is 0.231. The molecule has 37 heavy (non-hydrogen) atoms. The molecule has 0 unspecified atom stereocenters. The number of aromatic nitrogens is 3. The largest absolute Gasteiger partial charge is 0.481 e. The summed E-state index contributed by atoms with van der Waals surface area (Å²) >= 11 is 3.68. The Hall–Kier alpha value is -4.12. The van der Waals surface area contributed by atoms with Gasteiger partial charge in [0.15, 0.2) is 5.65 Å². The molecule has 1 atom stereocenters. The van der Waals surface area contributed by atoms with Crippen LogP contribution in [0.1, 0.15) is 29.5 Å². The van der Waals surface area contributed by atoms with E-state index in [0.717, 1.165) is 21.3 Å². The van der Waals surface area contributed by atoms with Gasteiger partial charge in [0.1, 0.15) is 6.04 Å². The number of aliphatic carboxylic acids is 2. The molecular weight excluding hydrogens is 542 g/mol. The molecule has 0 aliphatic carbocycles. The zero-order chi connectivity index (χ0) is 26.5. The molecule has 6 N–H and O–H groups in total. The van der Waals surface area contributed by atoms with Crippen LogP contribution in [0.5, 0.6) is 0 Å². The summed E-state index contributed by atoms with van der Waals surface area (Å²) in [6.07, 6.45) is 0.903. The third kappa shape index (κ3) is 6.18. The van der Waals surface area contributed by atoms with Crippen LogP contribution >= 0.6 is 15.9 Å². The van der Waals surface area contributed by atoms with Crippen LogP contribution < -0.4 is 16.6 Å². The first-order chi connectivity index (χ1) is 17.7. The van der Waals surface area contributed by atoms with E-state index in [1.807, 2.05) is 47.0 Å². The number of halogens is 1. The number of carboxylic acid groups (broad SMARTS) is 2. The van der Waals surface area contributed by atoms with E-state index in [2.05, 4.69) is 31.2 Å². The Balaban J connectivity index is 1.54. The second kappa shape index (κ2) is 11.3. The number of rotatable bonds is 11. The molecule has 0 amide bonds. The molecule has 0 fully saturated rings. The summed E-state index contributed by atoms with van der Waals surface area (Å²) in [5.74, 6) is -2.10. The van der Waals surface area contributed by atoms with Crippen molar-refractivity contribution in [1.82, 2.24) is 14.5 Å². The van der Waals surface area contributed by atoms with E-state index in [-0.39, 0.29) is 24.3 Å². The highest BCUT2D eigenvalue weighted by Gasteiger charge is 2.21. The van der Waals surface area contributed by atoms with Gasteiger partial charge in [0, 0.05) is 12.1 Å². The summed E-state index contributed by atoms with van der Waals surface area (Å²) in [6, 6.07) is 16.1. The second-order valence-electron chi connectivity index (χ2n) is 8.66. The number of aryl methyl sites for hydroxylation is 2. The first kappa shape index (κ1) is 26.0. The first-order valence-electron chi connectivity index (χ1n) is 11.6. The lowest BCUT2D eigenvalue weighted by Crippen LogP contribution is -2.29. The first-order valence-corrected chi connectivity index (χ1v) is 12.4. The van der Waals surface area contributed by atoms with E-state index >= 15 is 0 Å². The van der Waals surface area contributed by atoms with Gasteiger partial charge in [-0.05, 0) is 64.0 Å². The van der Waals surface area contributed by atoms with E-state index in [1.165, 1.54) is 0 Å². The third-order valence-corrected chi connectivity index (χ3v) is 6.96. The van der Waals surface area contributed by atoms with Gasteiger partial charge < -0.3 is 25.8 Å². The topological polar surface area (TPSA) is 163 Å². The molecule has 0 bridgehead atoms. The van der Waals surface area contributed by atoms with Gasteiger partial charge in [-0.1, -0.05) is 42.5 Å². The number of benzene rings is 2. The Bertz CT molecular complexity index is 1480. The SMILES string of the molecule is Nc1nc2c(c(CCc3ccc(N[C@@H](CCC(=O)O)C(=O)O)cc3)c(Br)n2Cc2ccccc2)c(=O)[nH]1. The number of carboxylic acids is 2. The van der Waals surface area contributed by atoms with Crippen molar-refractivity contribution in [2.24, 2.45) is 0 Å². The van der Waals surface area contributed by atoms with Crippen molar-refractivity contribution in [3.05, 3.63) is 86.2 Å². The molecule has 2 aromatic heterocycles. The van der Waals surface area contributed by atoms with E-state index in [0.29, 0.717) is 36.1 Å². The number of nitrogens with zero attached hydrogens (tertiary/aromatic N) is 2. The predicted octanol–water partition coefficient (Wildman–Crippen LogP) is 3.63. The molecule has 0 aliphatic heterocycles. The predicted molar refractivity (Wildman–Crippen MR) is 144 cm³/mol. The van der Waals surface area contributed by atoms with Crippen molar-refractivity contribution < 1.29 is 19.8 Å². The summed E-state index contributed by atoms with van der Waals surface area (Å²) in [5, 5.41) is 21.5. The molecule has 11 heteroatoms. The van der Waals surface area contributed by atoms with Gasteiger partial charge in [-0.3, -0.25) is 14.6 Å². The fourth-order valence-electron chi connectivity index (χ4n) is 4.21. The summed E-state index contributed by atoms with van der Waals surface area (Å²) < 4.78 is 2.69. The number of hydrogen-bond donors (Lipinski definition) is 5. The van der Waals surface area contributed by atoms with Crippen LogP contribution in [0.2, 0.25) is 0 Å². The summed E-state index contributed by atoms with van der Waals surface area (Å²) in [5.41, 5.74) is 9.49. The molecule has 0 saturated carbocycles. The third-order valence-electron chi connectivity index (χ3n) is 6.05. The van der Waals surface area contributed by atoms with Crippen LogP contribution in [-0.2, 0) is 29.0 Å². The van der Waals surface area contributed by atoms with Gasteiger partial charge in [0.25, 0.3) is 5.56 Å². The zero-order valence-corrected chi connectivity index (χ0v) is 21.4. The van der Waals surface area contributed by atoms with Gasteiger partial charge in [0.2, 0.25) is 5.95 Å². The molecule has 10 nitrogen and oxygen atoms in total. The highest BCUT2D eigenvalue weighted by Crippen LogP contribution is 2.30. The molecule has 2 heterocycles. The molecule has 4 aromatic rings. The van der Waals surface area contributed by atoms with Crippen molar-refractivity contribution in [2.75, 3.05) is 11.1 Å². The number of nitrogens with one attached hydrogen (secondary N) is 2. The molecule has 0 radical (unpaired) electrons. The summed E-state index contributed by atoms with van der Waals surface area (Å²) in [6.45, 7) is 0.515. The number of nitrogen functional groups attached to an aromatic ring is 1. The Labute approximate surface area is 220 Å². The minimum absolute atomic E-state index is 0.0272. The maximum Gasteiger partial charge on any atom is 0.326 e. The van der Waals surface area contributed by atoms with Crippen molar-refractivity contribution in [2.45, 2.75) is 38.3 Å². The van der Waals surface area contributed by atoms with Crippen LogP contribution in [-0.4, -0.2) is 42.7 Å². The highest BCUT2D eigenvalue weighted by molar-refractivity contribution is 9.10. The monoisotopic (exact) mass is 567 g/mol. The minimum atomic E-state index is -1.11. The van der Waals surface area contributed by atoms with Crippen molar-refractivity contribution in [3.63, 3.8) is 0 Å². The van der Waals surface area contributed by atoms with Crippen molar-refractivity contribution in [3.8, 4) is 0 Å². The lowest BCUT2D eigenvalue weighted by molar-refractivity contribution is -0.139. The number of H-pyrrole nitrogens is 1. The Morgan fingerprint density at radius 3 is 2.41 bits per heavy atom. The smallest absolute Gasteiger partial charge is 0.326 e. The van der Waals surface area contributed by atoms with Crippen LogP contribution in [0.25, 0.3) is 11.0 Å². The average Bonchev–Trinajstić information content (AvgIpc) is 3.12. The molecular formula is C26H26BrN5O5. The maximum absolute atomic E-state index is 12.8. The molecule has 0 aliphatic rings. The molecule has 2 aromatic carbocycles. The lowest BCUT2D eigenvalue weighted by Gasteiger charge is -2.15. The molecule has 4 rings (SSSR count). The van der Waals surface area contributed by atoms with Gasteiger partial charge in [0.05, 0.1) is 16.5 Å². The number of fused-ring (bicyclic) bond motifs is 1. The van der Waals surface area contributed by atoms with Crippen LogP contribution in [0.15, 0.2) is 64.0 Å². The van der Waals surface area contributed by atoms with Crippen molar-refractivity contribution in [1.29, 1.82) is 0 Å². The molecule has 0 saturated heterocycles. The number of anilines is 2. The van der Waals surface area contributed by atoms with E-state index in [1.54, 1.807) is 12.1 Å². The summed E-state index contributed by atoms with van der Waals surface area (Å²) in [4.78, 5) is 42.1. The fourth-order valence-corrected chi connectivity index (χ4v) is 4.90. The highest BCUT2D eigenvalue weighted by atomic mass is 79.9. The van der Waals surface area contributed by atoms with Gasteiger partial charge in [-0.2, -0.15) is 4.98 Å². The van der Waals surface area contributed by atoms with Gasteiger partial charge in [-0.25, -0.2) is 4.79 Å². The number of carbonyl (C=O) groups is 2. The minimum Gasteiger partial charge on any atom is -0.481 e. The standard InChI is InChI=1S/C26H26BrN5O5/c27-22-18(11-8-15-6-9-17(10-7-15)29-19(25(36)37)12-13-20(33)34)21-23(30-26(28)31-24(21)35)32(22)14-16-4-2-1-3-5-16/h1-7,9-10,19,29H,8,11-14H2,(H,33,34)(H,36,37)(H3,28,30,31,35)/t19-/m0/s1. The lowest BCUT2D eigenvalue weighted by atomic mass is 10.0. The van der Waals surface area contributed by atoms with Crippen LogP contribution in [0.3, 0.4) is 0 Å². The van der Waals surface area contributed by atoms with Gasteiger partial charge >= 0.3 is 11.9 Å². The Morgan fingerprint density at radius 1 is 1.05 bits per heavy atom.